The molecule has 5 rings (SSSR count). The van der Waals surface area contributed by atoms with Crippen LogP contribution in [0.15, 0.2) is 67.0 Å². The number of hydrogen-bond donors (Lipinski definition) is 1. The van der Waals surface area contributed by atoms with Crippen LogP contribution >= 0.6 is 23.2 Å². The molecule has 9 heteroatoms. The van der Waals surface area contributed by atoms with Gasteiger partial charge in [0, 0.05) is 23.8 Å². The molecule has 0 radical (unpaired) electrons. The zero-order valence-corrected chi connectivity index (χ0v) is 20.7. The van der Waals surface area contributed by atoms with Gasteiger partial charge < -0.3 is 5.32 Å². The molecule has 0 bridgehead atoms. The van der Waals surface area contributed by atoms with Crippen LogP contribution < -0.4 is 5.32 Å². The Kier molecular flexibility index (Phi) is 6.28. The Morgan fingerprint density at radius 1 is 1.00 bits per heavy atom. The molecule has 35 heavy (non-hydrogen) atoms. The van der Waals surface area contributed by atoms with Gasteiger partial charge in [0.15, 0.2) is 11.5 Å². The lowest BCUT2D eigenvalue weighted by atomic mass is 10.0. The van der Waals surface area contributed by atoms with Gasteiger partial charge in [-0.15, -0.1) is 0 Å². The first kappa shape index (κ1) is 23.1. The number of hydrogen-bond acceptors (Lipinski definition) is 4. The Bertz CT molecular complexity index is 1560. The summed E-state index contributed by atoms with van der Waals surface area (Å²) in [5, 5.41) is 13.8. The molecule has 0 saturated heterocycles. The van der Waals surface area contributed by atoms with Gasteiger partial charge in [-0.1, -0.05) is 59.1 Å². The van der Waals surface area contributed by atoms with Gasteiger partial charge in [0.05, 0.1) is 22.3 Å². The van der Waals surface area contributed by atoms with Gasteiger partial charge in [-0.05, 0) is 48.7 Å². The molecule has 0 atom stereocenters. The summed E-state index contributed by atoms with van der Waals surface area (Å²) >= 11 is 12.1. The highest BCUT2D eigenvalue weighted by Crippen LogP contribution is 2.30. The lowest BCUT2D eigenvalue weighted by Crippen LogP contribution is -2.20. The van der Waals surface area contributed by atoms with Crippen molar-refractivity contribution in [1.29, 1.82) is 0 Å². The summed E-state index contributed by atoms with van der Waals surface area (Å²) in [4.78, 5) is 17.3. The van der Waals surface area contributed by atoms with Crippen LogP contribution in [-0.4, -0.2) is 30.5 Å². The monoisotopic (exact) mass is 504 g/mol. The quantitative estimate of drug-likeness (QED) is 0.312. The highest BCUT2D eigenvalue weighted by Gasteiger charge is 2.16. The molecule has 1 amide bonds. The van der Waals surface area contributed by atoms with E-state index < -0.39 is 0 Å². The first-order chi connectivity index (χ1) is 16.9. The standard InChI is InChI=1S/C26H22Cl2N6O/c1-16-4-3-5-19(12-16)20-8-10-29-26-25(20)17(2)31-34(26)15-24(35)30-23-9-11-33(32-23)14-18-6-7-21(27)22(28)13-18/h3-13H,14-15H2,1-2H3,(H,30,32,35). The fourth-order valence-electron chi connectivity index (χ4n) is 4.10. The van der Waals surface area contributed by atoms with Gasteiger partial charge in [0.1, 0.15) is 6.54 Å². The van der Waals surface area contributed by atoms with Gasteiger partial charge in [-0.3, -0.25) is 9.48 Å². The number of fused-ring (bicyclic) bond motifs is 1. The third-order valence-electron chi connectivity index (χ3n) is 5.67. The SMILES string of the molecule is Cc1cccc(-c2ccnc3c2c(C)nn3CC(=O)Nc2ccn(Cc3ccc(Cl)c(Cl)c3)n2)c1. The van der Waals surface area contributed by atoms with Crippen LogP contribution in [0.2, 0.25) is 10.0 Å². The number of amides is 1. The van der Waals surface area contributed by atoms with Crippen molar-refractivity contribution in [2.24, 2.45) is 0 Å². The molecule has 176 valence electrons. The second-order valence-corrected chi connectivity index (χ2v) is 9.18. The maximum absolute atomic E-state index is 12.8. The number of benzene rings is 2. The fourth-order valence-corrected chi connectivity index (χ4v) is 4.43. The number of carbonyl (C=O) groups excluding carboxylic acids is 1. The van der Waals surface area contributed by atoms with Crippen molar-refractivity contribution >= 4 is 46.0 Å². The predicted molar refractivity (Wildman–Crippen MR) is 139 cm³/mol. The maximum Gasteiger partial charge on any atom is 0.247 e. The maximum atomic E-state index is 12.8. The van der Waals surface area contributed by atoms with Gasteiger partial charge in [0.25, 0.3) is 0 Å². The smallest absolute Gasteiger partial charge is 0.247 e. The number of carbonyl (C=O) groups is 1. The highest BCUT2D eigenvalue weighted by atomic mass is 35.5. The second kappa shape index (κ2) is 9.52. The predicted octanol–water partition coefficient (Wildman–Crippen LogP) is 5.91. The topological polar surface area (TPSA) is 77.6 Å². The minimum Gasteiger partial charge on any atom is -0.308 e. The summed E-state index contributed by atoms with van der Waals surface area (Å²) < 4.78 is 3.35. The van der Waals surface area contributed by atoms with Crippen LogP contribution in [-0.2, 0) is 17.9 Å². The van der Waals surface area contributed by atoms with Crippen LogP contribution in [0.3, 0.4) is 0 Å². The number of halogens is 2. The molecule has 1 N–H and O–H groups in total. The Hall–Kier alpha value is -3.68. The van der Waals surface area contributed by atoms with Crippen LogP contribution in [0, 0.1) is 13.8 Å². The van der Waals surface area contributed by atoms with Crippen LogP contribution in [0.25, 0.3) is 22.2 Å². The van der Waals surface area contributed by atoms with Crippen molar-refractivity contribution in [2.75, 3.05) is 5.32 Å². The molecule has 0 fully saturated rings. The Morgan fingerprint density at radius 3 is 2.66 bits per heavy atom. The van der Waals surface area contributed by atoms with Gasteiger partial charge in [0.2, 0.25) is 5.91 Å². The zero-order chi connectivity index (χ0) is 24.5. The molecule has 0 unspecified atom stereocenters. The summed E-state index contributed by atoms with van der Waals surface area (Å²) in [5.74, 6) is 0.216. The van der Waals surface area contributed by atoms with Gasteiger partial charge >= 0.3 is 0 Å². The zero-order valence-electron chi connectivity index (χ0n) is 19.2. The van der Waals surface area contributed by atoms with Crippen molar-refractivity contribution in [3.8, 4) is 11.1 Å². The van der Waals surface area contributed by atoms with E-state index in [4.69, 9.17) is 23.2 Å². The minimum atomic E-state index is -0.239. The van der Waals surface area contributed by atoms with Crippen LogP contribution in [0.4, 0.5) is 5.82 Å². The third kappa shape index (κ3) is 4.92. The van der Waals surface area contributed by atoms with Gasteiger partial charge in [-0.2, -0.15) is 10.2 Å². The lowest BCUT2D eigenvalue weighted by molar-refractivity contribution is -0.116. The first-order valence-corrected chi connectivity index (χ1v) is 11.8. The summed E-state index contributed by atoms with van der Waals surface area (Å²) in [6.07, 6.45) is 3.54. The Morgan fingerprint density at radius 2 is 1.86 bits per heavy atom. The summed E-state index contributed by atoms with van der Waals surface area (Å²) in [5.41, 5.74) is 5.76. The molecule has 0 spiro atoms. The summed E-state index contributed by atoms with van der Waals surface area (Å²) in [6, 6.07) is 17.5. The van der Waals surface area contributed by atoms with E-state index >= 15 is 0 Å². The largest absolute Gasteiger partial charge is 0.308 e. The number of rotatable bonds is 6. The molecular weight excluding hydrogens is 483 g/mol. The second-order valence-electron chi connectivity index (χ2n) is 8.36. The number of aromatic nitrogens is 5. The molecule has 7 nitrogen and oxygen atoms in total. The minimum absolute atomic E-state index is 0.0221. The van der Waals surface area contributed by atoms with E-state index in [0.717, 1.165) is 27.8 Å². The first-order valence-electron chi connectivity index (χ1n) is 11.0. The number of nitrogens with one attached hydrogen (secondary N) is 1. The Balaban J connectivity index is 1.32. The summed E-state index contributed by atoms with van der Waals surface area (Å²) in [6.45, 7) is 4.52. The summed E-state index contributed by atoms with van der Waals surface area (Å²) in [7, 11) is 0. The molecule has 0 saturated carbocycles. The molecule has 0 aliphatic carbocycles. The molecule has 0 aliphatic rings. The molecule has 0 aliphatic heterocycles. The molecule has 5 aromatic rings. The van der Waals surface area contributed by atoms with E-state index in [1.807, 2.05) is 25.1 Å². The van der Waals surface area contributed by atoms with Crippen molar-refractivity contribution < 1.29 is 4.79 Å². The van der Waals surface area contributed by atoms with Crippen LogP contribution in [0.1, 0.15) is 16.8 Å². The Labute approximate surface area is 212 Å². The molecule has 3 heterocycles. The number of nitrogens with zero attached hydrogens (tertiary/aromatic N) is 5. The average Bonchev–Trinajstić information content (AvgIpc) is 3.39. The van der Waals surface area contributed by atoms with E-state index in [9.17, 15) is 4.79 Å². The van der Waals surface area contributed by atoms with Crippen molar-refractivity contribution in [2.45, 2.75) is 26.9 Å². The third-order valence-corrected chi connectivity index (χ3v) is 6.41. The molecule has 2 aromatic carbocycles. The van der Waals surface area contributed by atoms with E-state index in [1.165, 1.54) is 5.56 Å². The molecular formula is C26H22Cl2N6O. The number of pyridine rings is 1. The van der Waals surface area contributed by atoms with E-state index in [-0.39, 0.29) is 12.5 Å². The van der Waals surface area contributed by atoms with Crippen molar-refractivity contribution in [3.05, 3.63) is 93.9 Å². The normalized spacial score (nSPS) is 11.2. The fraction of sp³-hybridized carbons (Fsp3) is 0.154. The van der Waals surface area contributed by atoms with E-state index in [2.05, 4.69) is 45.6 Å². The van der Waals surface area contributed by atoms with Crippen LogP contribution in [0.5, 0.6) is 0 Å². The number of aryl methyl sites for hydroxylation is 2. The van der Waals surface area contributed by atoms with Crippen molar-refractivity contribution in [3.63, 3.8) is 0 Å². The van der Waals surface area contributed by atoms with Crippen molar-refractivity contribution in [1.82, 2.24) is 24.5 Å². The lowest BCUT2D eigenvalue weighted by Gasteiger charge is -2.07. The van der Waals surface area contributed by atoms with E-state index in [1.54, 1.807) is 40.0 Å². The average molecular weight is 505 g/mol. The van der Waals surface area contributed by atoms with Gasteiger partial charge in [-0.25, -0.2) is 9.67 Å². The number of anilines is 1. The van der Waals surface area contributed by atoms with E-state index in [0.29, 0.717) is 28.1 Å². The highest BCUT2D eigenvalue weighted by molar-refractivity contribution is 6.42. The molecule has 3 aromatic heterocycles.